The third kappa shape index (κ3) is 2.52. The van der Waals surface area contributed by atoms with Crippen molar-refractivity contribution in [2.24, 2.45) is 23.5 Å². The van der Waals surface area contributed by atoms with E-state index in [1.54, 1.807) is 0 Å². The van der Waals surface area contributed by atoms with Gasteiger partial charge in [-0.15, -0.1) is 21.5 Å². The van der Waals surface area contributed by atoms with Crippen LogP contribution >= 0.6 is 11.3 Å². The van der Waals surface area contributed by atoms with Crippen LogP contribution in [0, 0.1) is 17.8 Å². The summed E-state index contributed by atoms with van der Waals surface area (Å²) >= 11 is 1.81. The molecule has 0 radical (unpaired) electrons. The monoisotopic (exact) mass is 251 g/mol. The Morgan fingerprint density at radius 3 is 2.76 bits per heavy atom. The minimum absolute atomic E-state index is 0.751. The van der Waals surface area contributed by atoms with Gasteiger partial charge in [-0.05, 0) is 50.0 Å². The minimum atomic E-state index is 0.751. The normalized spacial score (nSPS) is 31.2. The maximum absolute atomic E-state index is 5.51. The Morgan fingerprint density at radius 2 is 2.06 bits per heavy atom. The van der Waals surface area contributed by atoms with Gasteiger partial charge in [-0.1, -0.05) is 6.42 Å². The van der Waals surface area contributed by atoms with Gasteiger partial charge in [-0.25, -0.2) is 0 Å². The maximum Gasteiger partial charge on any atom is 0.117 e. The molecule has 3 rings (SSSR count). The number of nitrogens with zero attached hydrogens (tertiary/aromatic N) is 2. The molecule has 94 valence electrons. The quantitative estimate of drug-likeness (QED) is 0.874. The van der Waals surface area contributed by atoms with Crippen LogP contribution in [0.1, 0.15) is 42.1 Å². The van der Waals surface area contributed by atoms with Crippen LogP contribution in [0.2, 0.25) is 0 Å². The summed E-state index contributed by atoms with van der Waals surface area (Å²) in [7, 11) is 0. The molecule has 17 heavy (non-hydrogen) atoms. The molecule has 3 unspecified atom stereocenters. The second-order valence-corrected chi connectivity index (χ2v) is 6.77. The van der Waals surface area contributed by atoms with Gasteiger partial charge in [0.1, 0.15) is 10.0 Å². The van der Waals surface area contributed by atoms with Crippen molar-refractivity contribution >= 4 is 11.3 Å². The Hall–Kier alpha value is -0.480. The molecule has 2 aliphatic rings. The van der Waals surface area contributed by atoms with E-state index in [4.69, 9.17) is 5.73 Å². The van der Waals surface area contributed by atoms with Gasteiger partial charge >= 0.3 is 0 Å². The zero-order valence-corrected chi connectivity index (χ0v) is 11.1. The van der Waals surface area contributed by atoms with Gasteiger partial charge in [0.25, 0.3) is 0 Å². The molecule has 1 aromatic rings. The predicted molar refractivity (Wildman–Crippen MR) is 69.9 cm³/mol. The van der Waals surface area contributed by atoms with E-state index >= 15 is 0 Å². The first-order chi connectivity index (χ1) is 8.35. The Kier molecular flexibility index (Phi) is 3.43. The molecular weight excluding hydrogens is 230 g/mol. The van der Waals surface area contributed by atoms with Gasteiger partial charge < -0.3 is 5.73 Å². The second kappa shape index (κ2) is 5.02. The Bertz CT molecular complexity index is 376. The van der Waals surface area contributed by atoms with E-state index in [1.165, 1.54) is 42.1 Å². The number of aromatic nitrogens is 2. The first-order valence-corrected chi connectivity index (χ1v) is 7.68. The van der Waals surface area contributed by atoms with E-state index in [1.807, 2.05) is 11.3 Å². The van der Waals surface area contributed by atoms with Crippen molar-refractivity contribution in [3.05, 3.63) is 10.0 Å². The largest absolute Gasteiger partial charge is 0.330 e. The van der Waals surface area contributed by atoms with Crippen molar-refractivity contribution in [3.8, 4) is 0 Å². The maximum atomic E-state index is 5.51. The third-order valence-electron chi connectivity index (χ3n) is 4.42. The Labute approximate surface area is 107 Å². The molecule has 0 aromatic carbocycles. The molecule has 2 bridgehead atoms. The van der Waals surface area contributed by atoms with Gasteiger partial charge in [0.05, 0.1) is 0 Å². The van der Waals surface area contributed by atoms with Gasteiger partial charge in [0.2, 0.25) is 0 Å². The molecule has 3 atom stereocenters. The molecule has 2 aliphatic carbocycles. The van der Waals surface area contributed by atoms with Gasteiger partial charge in [-0.2, -0.15) is 0 Å². The van der Waals surface area contributed by atoms with Crippen molar-refractivity contribution in [1.82, 2.24) is 10.2 Å². The summed E-state index contributed by atoms with van der Waals surface area (Å²) in [6, 6.07) is 0. The zero-order valence-electron chi connectivity index (χ0n) is 10.3. The summed E-state index contributed by atoms with van der Waals surface area (Å²) in [4.78, 5) is 0. The van der Waals surface area contributed by atoms with Gasteiger partial charge in [-0.3, -0.25) is 0 Å². The summed E-state index contributed by atoms with van der Waals surface area (Å²) < 4.78 is 0. The molecule has 1 heterocycles. The number of hydrogen-bond donors (Lipinski definition) is 1. The summed E-state index contributed by atoms with van der Waals surface area (Å²) in [6.45, 7) is 0.751. The molecule has 2 saturated carbocycles. The number of fused-ring (bicyclic) bond motifs is 2. The van der Waals surface area contributed by atoms with Crippen molar-refractivity contribution in [2.75, 3.05) is 6.54 Å². The van der Waals surface area contributed by atoms with Crippen LogP contribution in [0.25, 0.3) is 0 Å². The molecule has 0 amide bonds. The smallest absolute Gasteiger partial charge is 0.117 e. The number of hydrogen-bond acceptors (Lipinski definition) is 4. The van der Waals surface area contributed by atoms with Crippen LogP contribution < -0.4 is 5.73 Å². The molecule has 3 nitrogen and oxygen atoms in total. The average Bonchev–Trinajstić information content (AvgIpc) is 3.02. The van der Waals surface area contributed by atoms with Crippen LogP contribution in [-0.2, 0) is 12.8 Å². The van der Waals surface area contributed by atoms with Crippen LogP contribution in [0.5, 0.6) is 0 Å². The van der Waals surface area contributed by atoms with Crippen LogP contribution in [0.4, 0.5) is 0 Å². The number of nitrogens with two attached hydrogens (primary N) is 1. The van der Waals surface area contributed by atoms with Crippen molar-refractivity contribution < 1.29 is 0 Å². The predicted octanol–water partition coefficient (Wildman–Crippen LogP) is 2.41. The van der Waals surface area contributed by atoms with E-state index in [2.05, 4.69) is 10.2 Å². The second-order valence-electron chi connectivity index (χ2n) is 5.62. The van der Waals surface area contributed by atoms with Crippen molar-refractivity contribution in [3.63, 3.8) is 0 Å². The number of aryl methyl sites for hydroxylation is 1. The first-order valence-electron chi connectivity index (χ1n) is 6.86. The third-order valence-corrected chi connectivity index (χ3v) is 5.43. The molecule has 0 aliphatic heterocycles. The van der Waals surface area contributed by atoms with Crippen molar-refractivity contribution in [1.29, 1.82) is 0 Å². The summed E-state index contributed by atoms with van der Waals surface area (Å²) in [5.41, 5.74) is 5.51. The molecule has 0 saturated heterocycles. The zero-order chi connectivity index (χ0) is 11.7. The topological polar surface area (TPSA) is 51.8 Å². The van der Waals surface area contributed by atoms with Crippen LogP contribution in [-0.4, -0.2) is 16.7 Å². The first kappa shape index (κ1) is 11.6. The Morgan fingerprint density at radius 1 is 1.18 bits per heavy atom. The minimum Gasteiger partial charge on any atom is -0.330 e. The van der Waals surface area contributed by atoms with Crippen molar-refractivity contribution in [2.45, 2.75) is 44.9 Å². The molecular formula is C13H21N3S. The lowest BCUT2D eigenvalue weighted by Gasteiger charge is -2.19. The summed E-state index contributed by atoms with van der Waals surface area (Å²) in [6.07, 6.45) is 9.11. The fraction of sp³-hybridized carbons (Fsp3) is 0.846. The highest BCUT2D eigenvalue weighted by Gasteiger charge is 2.39. The van der Waals surface area contributed by atoms with E-state index in [-0.39, 0.29) is 0 Å². The fourth-order valence-corrected chi connectivity index (χ4v) is 4.56. The van der Waals surface area contributed by atoms with E-state index in [0.29, 0.717) is 0 Å². The Balaban J connectivity index is 1.56. The van der Waals surface area contributed by atoms with Gasteiger partial charge in [0, 0.05) is 12.8 Å². The van der Waals surface area contributed by atoms with E-state index < -0.39 is 0 Å². The lowest BCUT2D eigenvalue weighted by Crippen LogP contribution is -2.12. The standard InChI is InChI=1S/C13H21N3S/c14-5-1-2-12-15-16-13(17-12)8-11-7-9-3-4-10(11)6-9/h9-11H,1-8,14H2. The summed E-state index contributed by atoms with van der Waals surface area (Å²) in [5.74, 6) is 2.94. The average molecular weight is 251 g/mol. The molecule has 4 heteroatoms. The van der Waals surface area contributed by atoms with E-state index in [9.17, 15) is 0 Å². The highest BCUT2D eigenvalue weighted by atomic mass is 32.1. The molecule has 2 fully saturated rings. The lowest BCUT2D eigenvalue weighted by atomic mass is 9.87. The van der Waals surface area contributed by atoms with Crippen LogP contribution in [0.15, 0.2) is 0 Å². The fourth-order valence-electron chi connectivity index (χ4n) is 3.58. The highest BCUT2D eigenvalue weighted by Crippen LogP contribution is 2.49. The van der Waals surface area contributed by atoms with E-state index in [0.717, 1.165) is 37.1 Å². The lowest BCUT2D eigenvalue weighted by molar-refractivity contribution is 0.331. The SMILES string of the molecule is NCCCc1nnc(CC2CC3CCC2C3)s1. The molecule has 0 spiro atoms. The number of rotatable bonds is 5. The summed E-state index contributed by atoms with van der Waals surface area (Å²) in [5, 5.41) is 11.0. The highest BCUT2D eigenvalue weighted by molar-refractivity contribution is 7.11. The molecule has 1 aromatic heterocycles. The van der Waals surface area contributed by atoms with Gasteiger partial charge in [0.15, 0.2) is 0 Å². The molecule has 2 N–H and O–H groups in total. The van der Waals surface area contributed by atoms with Crippen LogP contribution in [0.3, 0.4) is 0 Å².